The molecule has 3 amide bonds. The first kappa shape index (κ1) is 12.7. The van der Waals surface area contributed by atoms with E-state index in [-0.39, 0.29) is 30.9 Å². The summed E-state index contributed by atoms with van der Waals surface area (Å²) in [5, 5.41) is 14.5. The molecule has 2 unspecified atom stereocenters. The Hall–Kier alpha value is -1.79. The lowest BCUT2D eigenvalue weighted by Gasteiger charge is -2.22. The van der Waals surface area contributed by atoms with E-state index in [4.69, 9.17) is 5.11 Å². The van der Waals surface area contributed by atoms with Crippen molar-refractivity contribution in [2.45, 2.75) is 25.8 Å². The molecular weight excluding hydrogens is 238 g/mol. The second-order valence-electron chi connectivity index (χ2n) is 5.19. The summed E-state index contributed by atoms with van der Waals surface area (Å²) >= 11 is 0. The molecule has 0 aromatic heterocycles. The van der Waals surface area contributed by atoms with Crippen molar-refractivity contribution in [1.29, 1.82) is 0 Å². The SMILES string of the molecule is CC1(C(=O)O)CCN(C(=O)NC2CNC(=O)C2)C1. The van der Waals surface area contributed by atoms with Crippen molar-refractivity contribution in [2.75, 3.05) is 19.6 Å². The van der Waals surface area contributed by atoms with Crippen molar-refractivity contribution in [3.05, 3.63) is 0 Å². The molecule has 0 aromatic rings. The number of nitrogens with zero attached hydrogens (tertiary/aromatic N) is 1. The van der Waals surface area contributed by atoms with Gasteiger partial charge < -0.3 is 20.6 Å². The van der Waals surface area contributed by atoms with Crippen molar-refractivity contribution < 1.29 is 19.5 Å². The van der Waals surface area contributed by atoms with Gasteiger partial charge in [-0.15, -0.1) is 0 Å². The van der Waals surface area contributed by atoms with E-state index < -0.39 is 11.4 Å². The van der Waals surface area contributed by atoms with Gasteiger partial charge in [0, 0.05) is 26.1 Å². The Kier molecular flexibility index (Phi) is 3.14. The Bertz CT molecular complexity index is 398. The van der Waals surface area contributed by atoms with Gasteiger partial charge in [-0.2, -0.15) is 0 Å². The number of amides is 3. The van der Waals surface area contributed by atoms with Crippen molar-refractivity contribution in [3.63, 3.8) is 0 Å². The number of likely N-dealkylation sites (tertiary alicyclic amines) is 1. The molecule has 2 heterocycles. The Labute approximate surface area is 105 Å². The van der Waals surface area contributed by atoms with Gasteiger partial charge in [0.05, 0.1) is 11.5 Å². The van der Waals surface area contributed by atoms with Crippen LogP contribution in [0.4, 0.5) is 4.79 Å². The number of nitrogens with one attached hydrogen (secondary N) is 2. The summed E-state index contributed by atoms with van der Waals surface area (Å²) in [5.41, 5.74) is -0.860. The maximum atomic E-state index is 11.9. The fourth-order valence-corrected chi connectivity index (χ4v) is 2.28. The lowest BCUT2D eigenvalue weighted by atomic mass is 9.90. The van der Waals surface area contributed by atoms with Gasteiger partial charge in [0.15, 0.2) is 0 Å². The molecule has 7 heteroatoms. The van der Waals surface area contributed by atoms with Gasteiger partial charge in [0.1, 0.15) is 0 Å². The summed E-state index contributed by atoms with van der Waals surface area (Å²) in [6, 6.07) is -0.483. The summed E-state index contributed by atoms with van der Waals surface area (Å²) < 4.78 is 0. The van der Waals surface area contributed by atoms with Crippen molar-refractivity contribution >= 4 is 17.9 Å². The average Bonchev–Trinajstić information content (AvgIpc) is 2.86. The molecule has 0 aliphatic carbocycles. The van der Waals surface area contributed by atoms with E-state index in [2.05, 4.69) is 10.6 Å². The van der Waals surface area contributed by atoms with Crippen LogP contribution in [0.3, 0.4) is 0 Å². The second kappa shape index (κ2) is 4.47. The van der Waals surface area contributed by atoms with Crippen molar-refractivity contribution in [1.82, 2.24) is 15.5 Å². The molecule has 0 bridgehead atoms. The quantitative estimate of drug-likeness (QED) is 0.612. The molecular formula is C11H17N3O4. The molecule has 2 aliphatic rings. The van der Waals surface area contributed by atoms with Crippen LogP contribution < -0.4 is 10.6 Å². The Balaban J connectivity index is 1.88. The highest BCUT2D eigenvalue weighted by atomic mass is 16.4. The summed E-state index contributed by atoms with van der Waals surface area (Å²) in [6.45, 7) is 2.73. The molecule has 0 aromatic carbocycles. The van der Waals surface area contributed by atoms with Crippen LogP contribution in [0.2, 0.25) is 0 Å². The van der Waals surface area contributed by atoms with E-state index in [9.17, 15) is 14.4 Å². The summed E-state index contributed by atoms with van der Waals surface area (Å²) in [7, 11) is 0. The Morgan fingerprint density at radius 2 is 2.28 bits per heavy atom. The van der Waals surface area contributed by atoms with Gasteiger partial charge in [-0.3, -0.25) is 9.59 Å². The fourth-order valence-electron chi connectivity index (χ4n) is 2.28. The van der Waals surface area contributed by atoms with Crippen LogP contribution in [0.25, 0.3) is 0 Å². The summed E-state index contributed by atoms with van der Waals surface area (Å²) in [5.74, 6) is -0.951. The highest BCUT2D eigenvalue weighted by molar-refractivity contribution is 5.82. The van der Waals surface area contributed by atoms with Crippen LogP contribution in [0, 0.1) is 5.41 Å². The third kappa shape index (κ3) is 2.39. The van der Waals surface area contributed by atoms with Crippen molar-refractivity contribution in [3.8, 4) is 0 Å². The Morgan fingerprint density at radius 1 is 1.56 bits per heavy atom. The normalized spacial score (nSPS) is 31.3. The number of rotatable bonds is 2. The third-order valence-electron chi connectivity index (χ3n) is 3.58. The zero-order valence-electron chi connectivity index (χ0n) is 10.2. The van der Waals surface area contributed by atoms with Crippen LogP contribution >= 0.6 is 0 Å². The van der Waals surface area contributed by atoms with Gasteiger partial charge in [-0.25, -0.2) is 4.79 Å². The Morgan fingerprint density at radius 3 is 2.78 bits per heavy atom. The lowest BCUT2D eigenvalue weighted by Crippen LogP contribution is -2.45. The van der Waals surface area contributed by atoms with E-state index in [1.54, 1.807) is 6.92 Å². The lowest BCUT2D eigenvalue weighted by molar-refractivity contribution is -0.147. The zero-order valence-corrected chi connectivity index (χ0v) is 10.2. The van der Waals surface area contributed by atoms with Crippen molar-refractivity contribution in [2.24, 2.45) is 5.41 Å². The molecule has 100 valence electrons. The number of carbonyl (C=O) groups excluding carboxylic acids is 2. The molecule has 0 spiro atoms. The van der Waals surface area contributed by atoms with Gasteiger partial charge in [-0.05, 0) is 13.3 Å². The minimum absolute atomic E-state index is 0.0721. The predicted molar refractivity (Wildman–Crippen MR) is 61.9 cm³/mol. The van der Waals surface area contributed by atoms with Gasteiger partial charge >= 0.3 is 12.0 Å². The standard InChI is InChI=1S/C11H17N3O4/c1-11(9(16)17)2-3-14(6-11)10(18)13-7-4-8(15)12-5-7/h7H,2-6H2,1H3,(H,12,15)(H,13,18)(H,16,17). The fraction of sp³-hybridized carbons (Fsp3) is 0.727. The maximum absolute atomic E-state index is 11.9. The molecule has 2 aliphatic heterocycles. The molecule has 3 N–H and O–H groups in total. The van der Waals surface area contributed by atoms with E-state index >= 15 is 0 Å². The smallest absolute Gasteiger partial charge is 0.317 e. The first-order valence-electron chi connectivity index (χ1n) is 5.96. The number of aliphatic carboxylic acids is 1. The first-order chi connectivity index (χ1) is 8.40. The summed E-state index contributed by atoms with van der Waals surface area (Å²) in [4.78, 5) is 35.5. The van der Waals surface area contributed by atoms with Gasteiger partial charge in [-0.1, -0.05) is 0 Å². The number of hydrogen-bond acceptors (Lipinski definition) is 3. The van der Waals surface area contributed by atoms with E-state index in [1.807, 2.05) is 0 Å². The molecule has 2 rings (SSSR count). The highest BCUT2D eigenvalue weighted by Gasteiger charge is 2.42. The summed E-state index contributed by atoms with van der Waals surface area (Å²) in [6.07, 6.45) is 0.743. The molecule has 2 fully saturated rings. The number of carboxylic acids is 1. The zero-order chi connectivity index (χ0) is 13.3. The third-order valence-corrected chi connectivity index (χ3v) is 3.58. The molecule has 2 saturated heterocycles. The van der Waals surface area contributed by atoms with Crippen LogP contribution in [-0.4, -0.2) is 53.6 Å². The average molecular weight is 255 g/mol. The minimum atomic E-state index is -0.879. The second-order valence-corrected chi connectivity index (χ2v) is 5.19. The number of hydrogen-bond donors (Lipinski definition) is 3. The van der Waals surface area contributed by atoms with Crippen LogP contribution in [-0.2, 0) is 9.59 Å². The van der Waals surface area contributed by atoms with Crippen LogP contribution in [0.5, 0.6) is 0 Å². The minimum Gasteiger partial charge on any atom is -0.481 e. The first-order valence-corrected chi connectivity index (χ1v) is 5.96. The van der Waals surface area contributed by atoms with Gasteiger partial charge in [0.2, 0.25) is 5.91 Å². The molecule has 2 atom stereocenters. The van der Waals surface area contributed by atoms with E-state index in [1.165, 1.54) is 4.90 Å². The largest absolute Gasteiger partial charge is 0.481 e. The molecule has 7 nitrogen and oxygen atoms in total. The number of urea groups is 1. The molecule has 18 heavy (non-hydrogen) atoms. The van der Waals surface area contributed by atoms with Crippen LogP contribution in [0.1, 0.15) is 19.8 Å². The topological polar surface area (TPSA) is 98.7 Å². The van der Waals surface area contributed by atoms with Gasteiger partial charge in [0.25, 0.3) is 0 Å². The predicted octanol–water partition coefficient (Wildman–Crippen LogP) is -0.619. The molecule has 0 saturated carbocycles. The molecule has 0 radical (unpaired) electrons. The number of carboxylic acid groups (broad SMARTS) is 1. The van der Waals surface area contributed by atoms with Crippen LogP contribution in [0.15, 0.2) is 0 Å². The monoisotopic (exact) mass is 255 g/mol. The van der Waals surface area contributed by atoms with E-state index in [0.717, 1.165) is 0 Å². The van der Waals surface area contributed by atoms with E-state index in [0.29, 0.717) is 19.5 Å². The maximum Gasteiger partial charge on any atom is 0.317 e. The highest BCUT2D eigenvalue weighted by Crippen LogP contribution is 2.30. The number of carbonyl (C=O) groups is 3.